The summed E-state index contributed by atoms with van der Waals surface area (Å²) in [5.41, 5.74) is 13.3. The van der Waals surface area contributed by atoms with Crippen LogP contribution in [-0.2, 0) is 0 Å². The van der Waals surface area contributed by atoms with Crippen LogP contribution in [0.2, 0.25) is 0 Å². The zero-order valence-electron chi connectivity index (χ0n) is 10.7. The fourth-order valence-electron chi connectivity index (χ4n) is 1.72. The number of rotatable bonds is 5. The quantitative estimate of drug-likeness (QED) is 0.718. The van der Waals surface area contributed by atoms with Gasteiger partial charge in [0.2, 0.25) is 0 Å². The lowest BCUT2D eigenvalue weighted by Crippen LogP contribution is -2.33. The molecule has 0 radical (unpaired) electrons. The first-order chi connectivity index (χ1) is 8.01. The first kappa shape index (κ1) is 14.0. The third kappa shape index (κ3) is 3.19. The van der Waals surface area contributed by atoms with Crippen LogP contribution in [0.3, 0.4) is 0 Å². The summed E-state index contributed by atoms with van der Waals surface area (Å²) in [7, 11) is 1.60. The number of benzene rings is 1. The number of aliphatic hydroxyl groups excluding tert-OH is 1. The smallest absolute Gasteiger partial charge is 0.124 e. The summed E-state index contributed by atoms with van der Waals surface area (Å²) in [4.78, 5) is 0. The first-order valence-electron chi connectivity index (χ1n) is 5.82. The molecule has 4 heteroatoms. The SMILES string of the molecule is COc1cc(C(C)C)ccc1C(N)C(O)CN. The largest absolute Gasteiger partial charge is 0.496 e. The molecule has 0 aliphatic carbocycles. The topological polar surface area (TPSA) is 81.5 Å². The normalized spacial score (nSPS) is 14.8. The van der Waals surface area contributed by atoms with Gasteiger partial charge >= 0.3 is 0 Å². The Hall–Kier alpha value is -1.10. The molecule has 4 nitrogen and oxygen atoms in total. The molecule has 2 atom stereocenters. The van der Waals surface area contributed by atoms with Crippen LogP contribution in [-0.4, -0.2) is 24.9 Å². The number of nitrogens with two attached hydrogens (primary N) is 2. The molecule has 0 aliphatic rings. The van der Waals surface area contributed by atoms with Gasteiger partial charge in [-0.05, 0) is 17.5 Å². The van der Waals surface area contributed by atoms with E-state index in [1.165, 1.54) is 5.56 Å². The van der Waals surface area contributed by atoms with E-state index in [9.17, 15) is 5.11 Å². The minimum absolute atomic E-state index is 0.135. The lowest BCUT2D eigenvalue weighted by atomic mass is 9.96. The fraction of sp³-hybridized carbons (Fsp3) is 0.538. The van der Waals surface area contributed by atoms with Gasteiger partial charge in [0.25, 0.3) is 0 Å². The van der Waals surface area contributed by atoms with Crippen LogP contribution in [0.15, 0.2) is 18.2 Å². The highest BCUT2D eigenvalue weighted by atomic mass is 16.5. The zero-order valence-corrected chi connectivity index (χ0v) is 10.7. The van der Waals surface area contributed by atoms with Gasteiger partial charge < -0.3 is 21.3 Å². The average molecular weight is 238 g/mol. The predicted molar refractivity (Wildman–Crippen MR) is 69.1 cm³/mol. The maximum atomic E-state index is 9.67. The van der Waals surface area contributed by atoms with Gasteiger partial charge in [0.05, 0.1) is 19.3 Å². The van der Waals surface area contributed by atoms with Crippen molar-refractivity contribution >= 4 is 0 Å². The Bertz CT molecular complexity index is 366. The summed E-state index contributed by atoms with van der Waals surface area (Å²) in [6, 6.07) is 5.35. The van der Waals surface area contributed by atoms with Gasteiger partial charge in [0.15, 0.2) is 0 Å². The van der Waals surface area contributed by atoms with E-state index in [1.54, 1.807) is 7.11 Å². The Balaban J connectivity index is 3.08. The third-order valence-electron chi connectivity index (χ3n) is 2.94. The van der Waals surface area contributed by atoms with Crippen LogP contribution >= 0.6 is 0 Å². The van der Waals surface area contributed by atoms with Gasteiger partial charge in [-0.1, -0.05) is 26.0 Å². The number of ether oxygens (including phenoxy) is 1. The summed E-state index contributed by atoms with van der Waals surface area (Å²) < 4.78 is 5.32. The molecular formula is C13H22N2O2. The van der Waals surface area contributed by atoms with Gasteiger partial charge in [0.1, 0.15) is 5.75 Å². The Kier molecular flexibility index (Phi) is 4.93. The van der Waals surface area contributed by atoms with Crippen LogP contribution in [0.5, 0.6) is 5.75 Å². The molecule has 0 saturated carbocycles. The molecule has 0 fully saturated rings. The number of hydrogen-bond acceptors (Lipinski definition) is 4. The van der Waals surface area contributed by atoms with Crippen molar-refractivity contribution in [1.82, 2.24) is 0 Å². The molecule has 0 saturated heterocycles. The highest BCUT2D eigenvalue weighted by molar-refractivity contribution is 5.41. The highest BCUT2D eigenvalue weighted by Gasteiger charge is 2.19. The Morgan fingerprint density at radius 3 is 2.47 bits per heavy atom. The van der Waals surface area contributed by atoms with E-state index in [0.29, 0.717) is 11.7 Å². The summed E-state index contributed by atoms with van der Waals surface area (Å²) >= 11 is 0. The second kappa shape index (κ2) is 6.00. The van der Waals surface area contributed by atoms with Gasteiger partial charge in [0, 0.05) is 12.1 Å². The zero-order chi connectivity index (χ0) is 13.0. The summed E-state index contributed by atoms with van der Waals surface area (Å²) in [6.45, 7) is 4.36. The molecule has 1 rings (SSSR count). The molecule has 0 bridgehead atoms. The van der Waals surface area contributed by atoms with E-state index in [2.05, 4.69) is 13.8 Å². The van der Waals surface area contributed by atoms with E-state index in [0.717, 1.165) is 5.56 Å². The summed E-state index contributed by atoms with van der Waals surface area (Å²) in [6.07, 6.45) is -0.756. The van der Waals surface area contributed by atoms with Crippen LogP contribution in [0.1, 0.15) is 36.9 Å². The van der Waals surface area contributed by atoms with Crippen LogP contribution in [0.4, 0.5) is 0 Å². The minimum atomic E-state index is -0.756. The van der Waals surface area contributed by atoms with Crippen molar-refractivity contribution in [3.8, 4) is 5.75 Å². The molecule has 17 heavy (non-hydrogen) atoms. The van der Waals surface area contributed by atoms with Gasteiger partial charge in [-0.2, -0.15) is 0 Å². The molecule has 5 N–H and O–H groups in total. The van der Waals surface area contributed by atoms with Crippen LogP contribution in [0, 0.1) is 0 Å². The van der Waals surface area contributed by atoms with E-state index in [1.807, 2.05) is 18.2 Å². The molecule has 2 unspecified atom stereocenters. The maximum absolute atomic E-state index is 9.67. The molecule has 0 aromatic heterocycles. The molecule has 0 aliphatic heterocycles. The van der Waals surface area contributed by atoms with E-state index < -0.39 is 12.1 Å². The Morgan fingerprint density at radius 1 is 1.35 bits per heavy atom. The second-order valence-corrected chi connectivity index (χ2v) is 4.48. The maximum Gasteiger partial charge on any atom is 0.124 e. The minimum Gasteiger partial charge on any atom is -0.496 e. The number of aliphatic hydroxyl groups is 1. The second-order valence-electron chi connectivity index (χ2n) is 4.48. The van der Waals surface area contributed by atoms with Crippen molar-refractivity contribution in [3.05, 3.63) is 29.3 Å². The molecular weight excluding hydrogens is 216 g/mol. The Morgan fingerprint density at radius 2 is 2.00 bits per heavy atom. The monoisotopic (exact) mass is 238 g/mol. The lowest BCUT2D eigenvalue weighted by molar-refractivity contribution is 0.151. The van der Waals surface area contributed by atoms with Gasteiger partial charge in [-0.15, -0.1) is 0 Å². The number of methoxy groups -OCH3 is 1. The van der Waals surface area contributed by atoms with E-state index >= 15 is 0 Å². The fourth-order valence-corrected chi connectivity index (χ4v) is 1.72. The van der Waals surface area contributed by atoms with Crippen molar-refractivity contribution in [2.75, 3.05) is 13.7 Å². The van der Waals surface area contributed by atoms with Crippen molar-refractivity contribution in [2.45, 2.75) is 31.9 Å². The predicted octanol–water partition coefficient (Wildman–Crippen LogP) is 1.14. The molecule has 0 spiro atoms. The molecule has 96 valence electrons. The van der Waals surface area contributed by atoms with Crippen LogP contribution < -0.4 is 16.2 Å². The first-order valence-corrected chi connectivity index (χ1v) is 5.82. The lowest BCUT2D eigenvalue weighted by Gasteiger charge is -2.21. The molecule has 1 aromatic carbocycles. The average Bonchev–Trinajstić information content (AvgIpc) is 2.35. The standard InChI is InChI=1S/C13H22N2O2/c1-8(2)9-4-5-10(12(6-9)17-3)13(15)11(16)7-14/h4-6,8,11,13,16H,7,14-15H2,1-3H3. The van der Waals surface area contributed by atoms with Gasteiger partial charge in [-0.3, -0.25) is 0 Å². The number of hydrogen-bond donors (Lipinski definition) is 3. The third-order valence-corrected chi connectivity index (χ3v) is 2.94. The van der Waals surface area contributed by atoms with Crippen LogP contribution in [0.25, 0.3) is 0 Å². The van der Waals surface area contributed by atoms with E-state index in [4.69, 9.17) is 16.2 Å². The molecule has 0 amide bonds. The van der Waals surface area contributed by atoms with E-state index in [-0.39, 0.29) is 6.54 Å². The highest BCUT2D eigenvalue weighted by Crippen LogP contribution is 2.29. The molecule has 0 heterocycles. The van der Waals surface area contributed by atoms with Crippen molar-refractivity contribution in [3.63, 3.8) is 0 Å². The summed E-state index contributed by atoms with van der Waals surface area (Å²) in [5, 5.41) is 9.67. The van der Waals surface area contributed by atoms with Crippen molar-refractivity contribution in [1.29, 1.82) is 0 Å². The summed E-state index contributed by atoms with van der Waals surface area (Å²) in [5.74, 6) is 1.13. The van der Waals surface area contributed by atoms with Crippen molar-refractivity contribution < 1.29 is 9.84 Å². The Labute approximate surface area is 103 Å². The van der Waals surface area contributed by atoms with Gasteiger partial charge in [-0.25, -0.2) is 0 Å². The van der Waals surface area contributed by atoms with Crippen molar-refractivity contribution in [2.24, 2.45) is 11.5 Å². The molecule has 1 aromatic rings.